The first-order valence-corrected chi connectivity index (χ1v) is 7.89. The van der Waals surface area contributed by atoms with Gasteiger partial charge in [0.2, 0.25) is 0 Å². The van der Waals surface area contributed by atoms with Gasteiger partial charge in [0.25, 0.3) is 0 Å². The number of halogens is 3. The summed E-state index contributed by atoms with van der Waals surface area (Å²) in [5.74, 6) is 0.542. The third kappa shape index (κ3) is 4.70. The Balaban J connectivity index is 2.05. The number of nitrogens with one attached hydrogen (secondary N) is 1. The van der Waals surface area contributed by atoms with Gasteiger partial charge in [-0.05, 0) is 52.7 Å². The van der Waals surface area contributed by atoms with Crippen molar-refractivity contribution in [2.45, 2.75) is 19.9 Å². The highest BCUT2D eigenvalue weighted by Gasteiger charge is 2.09. The Hall–Kier alpha value is -1.10. The molecule has 2 nitrogen and oxygen atoms in total. The second-order valence-corrected chi connectivity index (χ2v) is 5.88. The number of rotatable bonds is 6. The maximum atomic E-state index is 13.5. The molecule has 0 aliphatic rings. The fourth-order valence-corrected chi connectivity index (χ4v) is 2.51. The van der Waals surface area contributed by atoms with E-state index in [1.165, 1.54) is 17.7 Å². The molecule has 0 saturated carbocycles. The second-order valence-electron chi connectivity index (χ2n) is 4.62. The summed E-state index contributed by atoms with van der Waals surface area (Å²) in [6, 6.07) is 10.4. The maximum absolute atomic E-state index is 13.5. The molecule has 0 radical (unpaired) electrons. The number of hydrogen-bond donors (Lipinski definition) is 1. The molecule has 0 heterocycles. The van der Waals surface area contributed by atoms with Crippen molar-refractivity contribution in [2.75, 3.05) is 6.54 Å². The molecule has 0 spiro atoms. The van der Waals surface area contributed by atoms with Crippen LogP contribution in [0.15, 0.2) is 40.9 Å². The zero-order valence-electron chi connectivity index (χ0n) is 11.6. The normalized spacial score (nSPS) is 10.7. The van der Waals surface area contributed by atoms with Crippen LogP contribution in [-0.4, -0.2) is 6.54 Å². The minimum Gasteiger partial charge on any atom is -0.456 e. The Bertz CT molecular complexity index is 604. The summed E-state index contributed by atoms with van der Waals surface area (Å²) in [5.41, 5.74) is 1.18. The van der Waals surface area contributed by atoms with E-state index in [0.29, 0.717) is 16.0 Å². The van der Waals surface area contributed by atoms with Gasteiger partial charge < -0.3 is 10.1 Å². The molecular formula is C16H16BrClFNO. The highest BCUT2D eigenvalue weighted by Crippen LogP contribution is 2.33. The van der Waals surface area contributed by atoms with Crippen LogP contribution in [0.5, 0.6) is 11.5 Å². The lowest BCUT2D eigenvalue weighted by Crippen LogP contribution is -2.13. The molecule has 112 valence electrons. The molecule has 21 heavy (non-hydrogen) atoms. The summed E-state index contributed by atoms with van der Waals surface area (Å²) in [6.07, 6.45) is 1.11. The number of hydrogen-bond acceptors (Lipinski definition) is 2. The molecule has 0 aliphatic heterocycles. The summed E-state index contributed by atoms with van der Waals surface area (Å²) < 4.78 is 19.7. The van der Waals surface area contributed by atoms with Crippen molar-refractivity contribution < 1.29 is 9.13 Å². The molecule has 2 rings (SSSR count). The van der Waals surface area contributed by atoms with E-state index < -0.39 is 5.82 Å². The minimum absolute atomic E-state index is 0.0616. The van der Waals surface area contributed by atoms with Gasteiger partial charge in [0, 0.05) is 12.6 Å². The van der Waals surface area contributed by atoms with Gasteiger partial charge in [-0.1, -0.05) is 30.7 Å². The summed E-state index contributed by atoms with van der Waals surface area (Å²) in [7, 11) is 0. The predicted molar refractivity (Wildman–Crippen MR) is 87.6 cm³/mol. The van der Waals surface area contributed by atoms with E-state index in [1.807, 2.05) is 24.3 Å². The molecule has 0 fully saturated rings. The molecule has 0 atom stereocenters. The topological polar surface area (TPSA) is 21.3 Å². The summed E-state index contributed by atoms with van der Waals surface area (Å²) in [4.78, 5) is 0. The van der Waals surface area contributed by atoms with Gasteiger partial charge in [0.05, 0.1) is 9.50 Å². The van der Waals surface area contributed by atoms with Crippen molar-refractivity contribution in [3.8, 4) is 11.5 Å². The maximum Gasteiger partial charge on any atom is 0.145 e. The zero-order valence-corrected chi connectivity index (χ0v) is 14.0. The van der Waals surface area contributed by atoms with Gasteiger partial charge in [-0.3, -0.25) is 0 Å². The molecule has 0 unspecified atom stereocenters. The highest BCUT2D eigenvalue weighted by molar-refractivity contribution is 9.10. The molecule has 0 bridgehead atoms. The first-order chi connectivity index (χ1) is 10.1. The quantitative estimate of drug-likeness (QED) is 0.531. The van der Waals surface area contributed by atoms with Crippen LogP contribution in [0.2, 0.25) is 5.02 Å². The molecule has 1 N–H and O–H groups in total. The smallest absolute Gasteiger partial charge is 0.145 e. The molecule has 0 aliphatic carbocycles. The molecule has 0 aromatic heterocycles. The number of ether oxygens (including phenoxy) is 1. The van der Waals surface area contributed by atoms with E-state index in [-0.39, 0.29) is 5.02 Å². The first-order valence-electron chi connectivity index (χ1n) is 6.72. The lowest BCUT2D eigenvalue weighted by atomic mass is 10.2. The van der Waals surface area contributed by atoms with E-state index >= 15 is 0 Å². The van der Waals surface area contributed by atoms with Gasteiger partial charge >= 0.3 is 0 Å². The van der Waals surface area contributed by atoms with Crippen molar-refractivity contribution in [2.24, 2.45) is 0 Å². The minimum atomic E-state index is -0.504. The molecule has 2 aromatic rings. The van der Waals surface area contributed by atoms with Crippen LogP contribution in [0, 0.1) is 5.82 Å². The standard InChI is InChI=1S/C16H16BrClFNO/c1-2-7-20-10-11-3-5-12(6-4-11)21-16-9-15(19)14(18)8-13(16)17/h3-6,8-9,20H,2,7,10H2,1H3. The lowest BCUT2D eigenvalue weighted by molar-refractivity contribution is 0.473. The second kappa shape index (κ2) is 7.78. The molecule has 2 aromatic carbocycles. The van der Waals surface area contributed by atoms with Crippen molar-refractivity contribution in [1.29, 1.82) is 0 Å². The van der Waals surface area contributed by atoms with E-state index in [1.54, 1.807) is 0 Å². The van der Waals surface area contributed by atoms with Gasteiger partial charge in [-0.15, -0.1) is 0 Å². The fourth-order valence-electron chi connectivity index (χ4n) is 1.79. The van der Waals surface area contributed by atoms with E-state index in [9.17, 15) is 4.39 Å². The fraction of sp³-hybridized carbons (Fsp3) is 0.250. The van der Waals surface area contributed by atoms with Crippen LogP contribution in [0.4, 0.5) is 4.39 Å². The molecule has 0 amide bonds. The van der Waals surface area contributed by atoms with Crippen molar-refractivity contribution >= 4 is 27.5 Å². The van der Waals surface area contributed by atoms with Gasteiger partial charge in [0.1, 0.15) is 17.3 Å². The average molecular weight is 373 g/mol. The first kappa shape index (κ1) is 16.3. The van der Waals surface area contributed by atoms with E-state index in [2.05, 4.69) is 28.2 Å². The van der Waals surface area contributed by atoms with Crippen molar-refractivity contribution in [1.82, 2.24) is 5.32 Å². The Morgan fingerprint density at radius 3 is 2.62 bits per heavy atom. The van der Waals surface area contributed by atoms with Gasteiger partial charge in [-0.25, -0.2) is 4.39 Å². The van der Waals surface area contributed by atoms with Crippen LogP contribution in [0.25, 0.3) is 0 Å². The molecular weight excluding hydrogens is 357 g/mol. The third-order valence-corrected chi connectivity index (χ3v) is 3.79. The Morgan fingerprint density at radius 2 is 1.95 bits per heavy atom. The van der Waals surface area contributed by atoms with Gasteiger partial charge in [0.15, 0.2) is 0 Å². The summed E-state index contributed by atoms with van der Waals surface area (Å²) in [6.45, 7) is 3.95. The zero-order chi connectivity index (χ0) is 15.2. The SMILES string of the molecule is CCCNCc1ccc(Oc2cc(F)c(Cl)cc2Br)cc1. The Kier molecular flexibility index (Phi) is 6.03. The van der Waals surface area contributed by atoms with Crippen LogP contribution in [0.1, 0.15) is 18.9 Å². The monoisotopic (exact) mass is 371 g/mol. The molecule has 5 heteroatoms. The van der Waals surface area contributed by atoms with Crippen LogP contribution < -0.4 is 10.1 Å². The summed E-state index contributed by atoms with van der Waals surface area (Å²) >= 11 is 9.01. The highest BCUT2D eigenvalue weighted by atomic mass is 79.9. The largest absolute Gasteiger partial charge is 0.456 e. The van der Waals surface area contributed by atoms with Crippen molar-refractivity contribution in [3.05, 3.63) is 57.3 Å². The van der Waals surface area contributed by atoms with E-state index in [4.69, 9.17) is 16.3 Å². The predicted octanol–water partition coefficient (Wildman–Crippen LogP) is 5.53. The average Bonchev–Trinajstić information content (AvgIpc) is 2.47. The van der Waals surface area contributed by atoms with Crippen LogP contribution in [0.3, 0.4) is 0 Å². The summed E-state index contributed by atoms with van der Waals surface area (Å²) in [5, 5.41) is 3.39. The van der Waals surface area contributed by atoms with Gasteiger partial charge in [-0.2, -0.15) is 0 Å². The van der Waals surface area contributed by atoms with Crippen LogP contribution >= 0.6 is 27.5 Å². The van der Waals surface area contributed by atoms with Crippen molar-refractivity contribution in [3.63, 3.8) is 0 Å². The molecule has 0 saturated heterocycles. The lowest BCUT2D eigenvalue weighted by Gasteiger charge is -2.10. The number of benzene rings is 2. The Morgan fingerprint density at radius 1 is 1.24 bits per heavy atom. The van der Waals surface area contributed by atoms with Crippen LogP contribution in [-0.2, 0) is 6.54 Å². The Labute approximate surface area is 137 Å². The third-order valence-electron chi connectivity index (χ3n) is 2.88. The van der Waals surface area contributed by atoms with E-state index in [0.717, 1.165) is 19.5 Å².